The van der Waals surface area contributed by atoms with E-state index in [4.69, 9.17) is 0 Å². The number of imide groups is 1. The van der Waals surface area contributed by atoms with Gasteiger partial charge in [0.15, 0.2) is 0 Å². The van der Waals surface area contributed by atoms with Crippen LogP contribution in [0.2, 0.25) is 0 Å². The third-order valence-electron chi connectivity index (χ3n) is 4.76. The summed E-state index contributed by atoms with van der Waals surface area (Å²) in [5.41, 5.74) is 0.814. The molecular weight excluding hydrogens is 282 g/mol. The molecule has 22 heavy (non-hydrogen) atoms. The summed E-state index contributed by atoms with van der Waals surface area (Å²) in [5, 5.41) is 0. The average molecular weight is 299 g/mol. The molecular formula is C16H17N3O3. The molecule has 114 valence electrons. The van der Waals surface area contributed by atoms with E-state index >= 15 is 0 Å². The Balaban J connectivity index is 1.57. The molecule has 4 amide bonds. The van der Waals surface area contributed by atoms with Crippen LogP contribution in [-0.4, -0.2) is 52.8 Å². The van der Waals surface area contributed by atoms with Crippen LogP contribution in [0.5, 0.6) is 0 Å². The molecule has 3 aliphatic rings. The Bertz CT molecular complexity index is 623. The molecule has 0 saturated carbocycles. The lowest BCUT2D eigenvalue weighted by atomic mass is 10.2. The van der Waals surface area contributed by atoms with Gasteiger partial charge in [0.1, 0.15) is 6.04 Å². The third-order valence-corrected chi connectivity index (χ3v) is 4.76. The molecule has 0 aromatic heterocycles. The number of hydrogen-bond acceptors (Lipinski definition) is 3. The zero-order valence-electron chi connectivity index (χ0n) is 12.1. The van der Waals surface area contributed by atoms with Crippen LogP contribution < -0.4 is 4.90 Å². The van der Waals surface area contributed by atoms with E-state index in [0.717, 1.165) is 18.5 Å². The minimum atomic E-state index is -0.349. The lowest BCUT2D eigenvalue weighted by molar-refractivity contribution is -0.129. The van der Waals surface area contributed by atoms with Gasteiger partial charge < -0.3 is 9.80 Å². The molecule has 1 unspecified atom stereocenters. The number of nitrogens with zero attached hydrogens (tertiary/aromatic N) is 3. The Morgan fingerprint density at radius 1 is 1.05 bits per heavy atom. The van der Waals surface area contributed by atoms with Crippen molar-refractivity contribution < 1.29 is 14.4 Å². The number of carbonyl (C=O) groups excluding carboxylic acids is 3. The first kappa shape index (κ1) is 13.3. The first-order valence-electron chi connectivity index (χ1n) is 7.66. The number of amides is 4. The summed E-state index contributed by atoms with van der Waals surface area (Å²) >= 11 is 0. The van der Waals surface area contributed by atoms with Crippen molar-refractivity contribution >= 4 is 23.5 Å². The van der Waals surface area contributed by atoms with Crippen molar-refractivity contribution in [3.8, 4) is 0 Å². The number of carbonyl (C=O) groups is 3. The molecule has 1 aromatic carbocycles. The number of para-hydroxylation sites is 1. The lowest BCUT2D eigenvalue weighted by Crippen LogP contribution is -2.43. The Hall–Kier alpha value is -2.37. The van der Waals surface area contributed by atoms with Crippen molar-refractivity contribution in [1.29, 1.82) is 0 Å². The van der Waals surface area contributed by atoms with Crippen LogP contribution in [0.3, 0.4) is 0 Å². The number of anilines is 1. The van der Waals surface area contributed by atoms with Gasteiger partial charge in [0, 0.05) is 25.2 Å². The van der Waals surface area contributed by atoms with Crippen LogP contribution in [0, 0.1) is 0 Å². The Morgan fingerprint density at radius 2 is 1.82 bits per heavy atom. The second-order valence-electron chi connectivity index (χ2n) is 6.04. The Kier molecular flexibility index (Phi) is 2.92. The predicted octanol–water partition coefficient (Wildman–Crippen LogP) is 1.22. The first-order valence-corrected chi connectivity index (χ1v) is 7.66. The fourth-order valence-electron chi connectivity index (χ4n) is 3.70. The fraction of sp³-hybridized carbons (Fsp3) is 0.438. The van der Waals surface area contributed by atoms with Gasteiger partial charge in [-0.05, 0) is 25.0 Å². The van der Waals surface area contributed by atoms with Crippen molar-refractivity contribution in [2.75, 3.05) is 18.0 Å². The van der Waals surface area contributed by atoms with Gasteiger partial charge in [-0.15, -0.1) is 0 Å². The van der Waals surface area contributed by atoms with Crippen LogP contribution in [0.25, 0.3) is 0 Å². The molecule has 6 heteroatoms. The van der Waals surface area contributed by atoms with E-state index in [2.05, 4.69) is 0 Å². The number of fused-ring (bicyclic) bond motifs is 1. The fourth-order valence-corrected chi connectivity index (χ4v) is 3.70. The summed E-state index contributed by atoms with van der Waals surface area (Å²) in [6.07, 6.45) is 1.84. The highest BCUT2D eigenvalue weighted by Crippen LogP contribution is 2.32. The van der Waals surface area contributed by atoms with E-state index in [-0.39, 0.29) is 36.3 Å². The maximum atomic E-state index is 12.5. The first-order chi connectivity index (χ1) is 10.7. The van der Waals surface area contributed by atoms with Gasteiger partial charge in [-0.2, -0.15) is 0 Å². The van der Waals surface area contributed by atoms with E-state index in [1.165, 1.54) is 4.90 Å². The Labute approximate surface area is 128 Å². The highest BCUT2D eigenvalue weighted by atomic mass is 16.2. The van der Waals surface area contributed by atoms with Crippen LogP contribution in [0.4, 0.5) is 10.5 Å². The van der Waals surface area contributed by atoms with Crippen molar-refractivity contribution in [1.82, 2.24) is 9.80 Å². The molecule has 6 nitrogen and oxygen atoms in total. The number of hydrogen-bond donors (Lipinski definition) is 0. The maximum absolute atomic E-state index is 12.5. The van der Waals surface area contributed by atoms with Crippen molar-refractivity contribution in [3.05, 3.63) is 30.3 Å². The van der Waals surface area contributed by atoms with Crippen LogP contribution in [0.1, 0.15) is 19.3 Å². The van der Waals surface area contributed by atoms with Gasteiger partial charge in [0.25, 0.3) is 5.91 Å². The normalized spacial score (nSPS) is 28.0. The second kappa shape index (κ2) is 4.83. The summed E-state index contributed by atoms with van der Waals surface area (Å²) in [6, 6.07) is 8.50. The highest BCUT2D eigenvalue weighted by Gasteiger charge is 2.52. The second-order valence-corrected chi connectivity index (χ2v) is 6.04. The van der Waals surface area contributed by atoms with E-state index in [1.54, 1.807) is 9.80 Å². The van der Waals surface area contributed by atoms with E-state index < -0.39 is 0 Å². The third kappa shape index (κ3) is 1.83. The van der Waals surface area contributed by atoms with Gasteiger partial charge >= 0.3 is 6.03 Å². The minimum absolute atomic E-state index is 0.0381. The standard InChI is InChI=1S/C16H17N3O3/c20-14-9-12(10-18(14)11-5-2-1-3-6-11)19-15(21)13-7-4-8-17(13)16(19)22/h1-3,5-6,12-13H,4,7-10H2/t12?,13-/m0/s1. The summed E-state index contributed by atoms with van der Waals surface area (Å²) < 4.78 is 0. The van der Waals surface area contributed by atoms with Gasteiger partial charge in [0.2, 0.25) is 5.91 Å². The molecule has 0 N–H and O–H groups in total. The van der Waals surface area contributed by atoms with Gasteiger partial charge in [-0.3, -0.25) is 14.5 Å². The molecule has 4 rings (SSSR count). The molecule has 1 aromatic rings. The molecule has 0 radical (unpaired) electrons. The van der Waals surface area contributed by atoms with E-state index in [9.17, 15) is 14.4 Å². The van der Waals surface area contributed by atoms with Gasteiger partial charge in [-0.1, -0.05) is 18.2 Å². The smallest absolute Gasteiger partial charge is 0.312 e. The number of benzene rings is 1. The maximum Gasteiger partial charge on any atom is 0.327 e. The number of urea groups is 1. The van der Waals surface area contributed by atoms with Crippen molar-refractivity contribution in [3.63, 3.8) is 0 Å². The quantitative estimate of drug-likeness (QED) is 0.771. The van der Waals surface area contributed by atoms with Crippen LogP contribution >= 0.6 is 0 Å². The molecule has 3 heterocycles. The predicted molar refractivity (Wildman–Crippen MR) is 79.2 cm³/mol. The average Bonchev–Trinajstić information content (AvgIpc) is 3.19. The van der Waals surface area contributed by atoms with Crippen LogP contribution in [0.15, 0.2) is 30.3 Å². The summed E-state index contributed by atoms with van der Waals surface area (Å²) in [5.74, 6) is -0.168. The summed E-state index contributed by atoms with van der Waals surface area (Å²) in [7, 11) is 0. The monoisotopic (exact) mass is 299 g/mol. The lowest BCUT2D eigenvalue weighted by Gasteiger charge is -2.22. The zero-order valence-corrected chi connectivity index (χ0v) is 12.1. The SMILES string of the molecule is O=C1CC(N2C(=O)[C@@H]3CCCN3C2=O)CN1c1ccccc1. The molecule has 2 atom stereocenters. The topological polar surface area (TPSA) is 60.9 Å². The van der Waals surface area contributed by atoms with Crippen molar-refractivity contribution in [2.24, 2.45) is 0 Å². The Morgan fingerprint density at radius 3 is 2.55 bits per heavy atom. The summed E-state index contributed by atoms with van der Waals surface area (Å²) in [6.45, 7) is 1.04. The number of rotatable bonds is 2. The van der Waals surface area contributed by atoms with Gasteiger partial charge in [0.05, 0.1) is 6.04 Å². The minimum Gasteiger partial charge on any atom is -0.312 e. The molecule has 3 aliphatic heterocycles. The highest BCUT2D eigenvalue weighted by molar-refractivity contribution is 6.06. The van der Waals surface area contributed by atoms with Gasteiger partial charge in [-0.25, -0.2) is 4.79 Å². The van der Waals surface area contributed by atoms with Crippen LogP contribution in [-0.2, 0) is 9.59 Å². The summed E-state index contributed by atoms with van der Waals surface area (Å²) in [4.78, 5) is 41.8. The zero-order chi connectivity index (χ0) is 15.3. The van der Waals surface area contributed by atoms with E-state index in [1.807, 2.05) is 30.3 Å². The van der Waals surface area contributed by atoms with Crippen molar-refractivity contribution in [2.45, 2.75) is 31.3 Å². The molecule has 0 spiro atoms. The van der Waals surface area contributed by atoms with E-state index in [0.29, 0.717) is 13.1 Å². The molecule has 3 saturated heterocycles. The largest absolute Gasteiger partial charge is 0.327 e. The molecule has 0 bridgehead atoms. The molecule has 0 aliphatic carbocycles. The molecule has 3 fully saturated rings.